The first kappa shape index (κ1) is 16.7. The van der Waals surface area contributed by atoms with Crippen molar-refractivity contribution >= 4 is 16.8 Å². The Bertz CT molecular complexity index is 1110. The molecule has 4 rings (SSSR count). The molecule has 5 nitrogen and oxygen atoms in total. The van der Waals surface area contributed by atoms with Crippen LogP contribution in [0.1, 0.15) is 16.1 Å². The quantitative estimate of drug-likeness (QED) is 0.582. The Morgan fingerprint density at radius 1 is 0.926 bits per heavy atom. The SMILES string of the molecule is O=C(NCc1ccccc1-c1ccccc1)c1ncc2cccnc2c1O. The fourth-order valence-corrected chi connectivity index (χ4v) is 3.03. The van der Waals surface area contributed by atoms with E-state index in [9.17, 15) is 9.90 Å². The highest BCUT2D eigenvalue weighted by atomic mass is 16.3. The lowest BCUT2D eigenvalue weighted by Gasteiger charge is -2.11. The van der Waals surface area contributed by atoms with Gasteiger partial charge in [-0.3, -0.25) is 9.78 Å². The van der Waals surface area contributed by atoms with Crippen molar-refractivity contribution in [2.45, 2.75) is 6.54 Å². The number of hydrogen-bond acceptors (Lipinski definition) is 4. The van der Waals surface area contributed by atoms with Crippen molar-refractivity contribution in [3.8, 4) is 16.9 Å². The van der Waals surface area contributed by atoms with Gasteiger partial charge in [-0.1, -0.05) is 54.6 Å². The second-order valence-electron chi connectivity index (χ2n) is 6.10. The van der Waals surface area contributed by atoms with Crippen molar-refractivity contribution in [1.29, 1.82) is 0 Å². The number of fused-ring (bicyclic) bond motifs is 1. The maximum absolute atomic E-state index is 12.6. The van der Waals surface area contributed by atoms with Crippen molar-refractivity contribution in [2.24, 2.45) is 0 Å². The van der Waals surface area contributed by atoms with Crippen LogP contribution in [-0.2, 0) is 6.54 Å². The Hall–Kier alpha value is -3.73. The summed E-state index contributed by atoms with van der Waals surface area (Å²) in [4.78, 5) is 20.8. The fourth-order valence-electron chi connectivity index (χ4n) is 3.03. The van der Waals surface area contributed by atoms with Gasteiger partial charge < -0.3 is 10.4 Å². The Labute approximate surface area is 156 Å². The Kier molecular flexibility index (Phi) is 4.49. The van der Waals surface area contributed by atoms with Crippen LogP contribution in [0.4, 0.5) is 0 Å². The molecule has 0 unspecified atom stereocenters. The summed E-state index contributed by atoms with van der Waals surface area (Å²) in [5, 5.41) is 13.9. The van der Waals surface area contributed by atoms with Crippen LogP contribution < -0.4 is 5.32 Å². The summed E-state index contributed by atoms with van der Waals surface area (Å²) < 4.78 is 0. The van der Waals surface area contributed by atoms with Crippen LogP contribution in [0.5, 0.6) is 5.75 Å². The monoisotopic (exact) mass is 355 g/mol. The number of rotatable bonds is 4. The lowest BCUT2D eigenvalue weighted by atomic mass is 10.00. The van der Waals surface area contributed by atoms with Crippen molar-refractivity contribution in [2.75, 3.05) is 0 Å². The number of hydrogen-bond donors (Lipinski definition) is 2. The number of amides is 1. The van der Waals surface area contributed by atoms with Gasteiger partial charge in [0, 0.05) is 24.3 Å². The molecule has 0 spiro atoms. The van der Waals surface area contributed by atoms with E-state index in [-0.39, 0.29) is 11.4 Å². The highest BCUT2D eigenvalue weighted by Crippen LogP contribution is 2.26. The third-order valence-corrected chi connectivity index (χ3v) is 4.38. The summed E-state index contributed by atoms with van der Waals surface area (Å²) in [5.74, 6) is -0.648. The fraction of sp³-hybridized carbons (Fsp3) is 0.0455. The molecule has 1 amide bonds. The van der Waals surface area contributed by atoms with Crippen molar-refractivity contribution < 1.29 is 9.90 Å². The summed E-state index contributed by atoms with van der Waals surface area (Å²) >= 11 is 0. The molecular weight excluding hydrogens is 338 g/mol. The molecule has 27 heavy (non-hydrogen) atoms. The largest absolute Gasteiger partial charge is 0.504 e. The minimum atomic E-state index is -0.442. The maximum Gasteiger partial charge on any atom is 0.274 e. The van der Waals surface area contributed by atoms with Crippen LogP contribution >= 0.6 is 0 Å². The third-order valence-electron chi connectivity index (χ3n) is 4.38. The first-order chi connectivity index (χ1) is 13.2. The van der Waals surface area contributed by atoms with E-state index >= 15 is 0 Å². The first-order valence-electron chi connectivity index (χ1n) is 8.58. The van der Waals surface area contributed by atoms with Gasteiger partial charge in [-0.25, -0.2) is 4.98 Å². The predicted octanol–water partition coefficient (Wildman–Crippen LogP) is 3.93. The second kappa shape index (κ2) is 7.25. The summed E-state index contributed by atoms with van der Waals surface area (Å²) in [5.41, 5.74) is 3.45. The topological polar surface area (TPSA) is 75.1 Å². The zero-order chi connectivity index (χ0) is 18.6. The van der Waals surface area contributed by atoms with Crippen LogP contribution in [0.15, 0.2) is 79.1 Å². The third kappa shape index (κ3) is 3.35. The molecule has 2 N–H and O–H groups in total. The normalized spacial score (nSPS) is 10.7. The van der Waals surface area contributed by atoms with E-state index in [1.807, 2.05) is 54.6 Å². The highest BCUT2D eigenvalue weighted by molar-refractivity contribution is 6.00. The molecule has 2 heterocycles. The second-order valence-corrected chi connectivity index (χ2v) is 6.10. The van der Waals surface area contributed by atoms with Gasteiger partial charge in [0.15, 0.2) is 11.4 Å². The first-order valence-corrected chi connectivity index (χ1v) is 8.58. The average molecular weight is 355 g/mol. The molecular formula is C22H17N3O2. The number of carbonyl (C=O) groups excluding carboxylic acids is 1. The minimum absolute atomic E-state index is 0.0293. The van der Waals surface area contributed by atoms with E-state index in [0.29, 0.717) is 17.4 Å². The Morgan fingerprint density at radius 2 is 1.70 bits per heavy atom. The molecule has 5 heteroatoms. The van der Waals surface area contributed by atoms with Crippen LogP contribution in [0.2, 0.25) is 0 Å². The number of benzene rings is 2. The van der Waals surface area contributed by atoms with Crippen molar-refractivity contribution in [3.05, 3.63) is 90.4 Å². The van der Waals surface area contributed by atoms with Crippen LogP contribution in [0.25, 0.3) is 22.0 Å². The number of pyridine rings is 2. The molecule has 0 aliphatic heterocycles. The lowest BCUT2D eigenvalue weighted by molar-refractivity contribution is 0.0943. The van der Waals surface area contributed by atoms with Gasteiger partial charge in [0.1, 0.15) is 5.52 Å². The summed E-state index contributed by atoms with van der Waals surface area (Å²) in [7, 11) is 0. The predicted molar refractivity (Wildman–Crippen MR) is 104 cm³/mol. The van der Waals surface area contributed by atoms with Gasteiger partial charge in [0.05, 0.1) is 0 Å². The molecule has 0 bridgehead atoms. The van der Waals surface area contributed by atoms with Crippen LogP contribution in [-0.4, -0.2) is 21.0 Å². The van der Waals surface area contributed by atoms with Gasteiger partial charge in [-0.15, -0.1) is 0 Å². The maximum atomic E-state index is 12.6. The van der Waals surface area contributed by atoms with Crippen LogP contribution in [0, 0.1) is 0 Å². The molecule has 4 aromatic rings. The van der Waals surface area contributed by atoms with E-state index in [2.05, 4.69) is 15.3 Å². The zero-order valence-corrected chi connectivity index (χ0v) is 14.5. The average Bonchev–Trinajstić information content (AvgIpc) is 2.73. The number of aromatic nitrogens is 2. The molecule has 0 atom stereocenters. The van der Waals surface area contributed by atoms with Gasteiger partial charge >= 0.3 is 0 Å². The molecule has 0 saturated heterocycles. The Balaban J connectivity index is 1.58. The standard InChI is InChI=1S/C22H17N3O2/c26-21-19-17(10-6-12-23-19)14-24-20(21)22(27)25-13-16-9-4-5-11-18(16)15-7-2-1-3-8-15/h1-12,14,26H,13H2,(H,25,27). The molecule has 0 aliphatic carbocycles. The van der Waals surface area contributed by atoms with E-state index in [4.69, 9.17) is 0 Å². The molecule has 0 fully saturated rings. The number of nitrogens with zero attached hydrogens (tertiary/aromatic N) is 2. The molecule has 0 aliphatic rings. The number of nitrogens with one attached hydrogen (secondary N) is 1. The Morgan fingerprint density at radius 3 is 2.56 bits per heavy atom. The van der Waals surface area contributed by atoms with Gasteiger partial charge in [-0.05, 0) is 28.8 Å². The highest BCUT2D eigenvalue weighted by Gasteiger charge is 2.16. The summed E-state index contributed by atoms with van der Waals surface area (Å²) in [6, 6.07) is 21.4. The van der Waals surface area contributed by atoms with Crippen LogP contribution in [0.3, 0.4) is 0 Å². The number of carbonyl (C=O) groups is 1. The molecule has 2 aromatic carbocycles. The molecule has 132 valence electrons. The smallest absolute Gasteiger partial charge is 0.274 e. The van der Waals surface area contributed by atoms with E-state index in [0.717, 1.165) is 16.7 Å². The molecule has 0 radical (unpaired) electrons. The zero-order valence-electron chi connectivity index (χ0n) is 14.5. The molecule has 2 aromatic heterocycles. The lowest BCUT2D eigenvalue weighted by Crippen LogP contribution is -2.24. The molecule has 0 saturated carbocycles. The van der Waals surface area contributed by atoms with E-state index < -0.39 is 5.91 Å². The van der Waals surface area contributed by atoms with Gasteiger partial charge in [0.25, 0.3) is 5.91 Å². The van der Waals surface area contributed by atoms with Gasteiger partial charge in [0.2, 0.25) is 0 Å². The van der Waals surface area contributed by atoms with Gasteiger partial charge in [-0.2, -0.15) is 0 Å². The van der Waals surface area contributed by atoms with Crippen molar-refractivity contribution in [3.63, 3.8) is 0 Å². The minimum Gasteiger partial charge on any atom is -0.504 e. The summed E-state index contributed by atoms with van der Waals surface area (Å²) in [6.07, 6.45) is 3.11. The summed E-state index contributed by atoms with van der Waals surface area (Å²) in [6.45, 7) is 0.325. The van der Waals surface area contributed by atoms with E-state index in [1.165, 1.54) is 6.20 Å². The van der Waals surface area contributed by atoms with Crippen molar-refractivity contribution in [1.82, 2.24) is 15.3 Å². The van der Waals surface area contributed by atoms with E-state index in [1.54, 1.807) is 18.3 Å². The number of aromatic hydroxyl groups is 1.